The second-order valence-electron chi connectivity index (χ2n) is 6.33. The first-order valence-electron chi connectivity index (χ1n) is 7.47. The summed E-state index contributed by atoms with van der Waals surface area (Å²) in [5.74, 6) is 0.0855. The molecule has 0 bridgehead atoms. The maximum atomic E-state index is 12.5. The van der Waals surface area contributed by atoms with E-state index in [1.807, 2.05) is 38.1 Å². The normalized spacial score (nSPS) is 21.8. The number of nitrogens with one attached hydrogen (secondary N) is 2. The maximum Gasteiger partial charge on any atom is 0.231 e. The molecule has 1 aliphatic heterocycles. The molecule has 0 radical (unpaired) electrons. The van der Waals surface area contributed by atoms with E-state index in [1.165, 1.54) is 0 Å². The van der Waals surface area contributed by atoms with Crippen LogP contribution in [0.1, 0.15) is 39.2 Å². The summed E-state index contributed by atoms with van der Waals surface area (Å²) in [6.45, 7) is 7.48. The van der Waals surface area contributed by atoms with Crippen molar-refractivity contribution in [3.63, 3.8) is 0 Å². The number of nitrogens with zero attached hydrogens (tertiary/aromatic N) is 1. The Morgan fingerprint density at radius 3 is 2.57 bits per heavy atom. The highest BCUT2D eigenvalue weighted by Gasteiger charge is 2.39. The van der Waals surface area contributed by atoms with Crippen molar-refractivity contribution < 1.29 is 4.79 Å². The zero-order valence-electron chi connectivity index (χ0n) is 13.0. The van der Waals surface area contributed by atoms with E-state index in [9.17, 15) is 4.79 Å². The molecular formula is C17H23N3O. The maximum absolute atomic E-state index is 12.5. The lowest BCUT2D eigenvalue weighted by atomic mass is 9.83. The van der Waals surface area contributed by atoms with Crippen molar-refractivity contribution in [1.29, 1.82) is 5.26 Å². The summed E-state index contributed by atoms with van der Waals surface area (Å²) in [6, 6.07) is 9.84. The van der Waals surface area contributed by atoms with Gasteiger partial charge in [-0.1, -0.05) is 19.1 Å². The van der Waals surface area contributed by atoms with Crippen LogP contribution in [0.25, 0.3) is 0 Å². The second kappa shape index (κ2) is 5.87. The third-order valence-corrected chi connectivity index (χ3v) is 4.55. The minimum Gasteiger partial charge on any atom is -0.326 e. The lowest BCUT2D eigenvalue weighted by Crippen LogP contribution is -2.37. The van der Waals surface area contributed by atoms with Crippen molar-refractivity contribution in [3.8, 4) is 6.07 Å². The smallest absolute Gasteiger partial charge is 0.231 e. The minimum absolute atomic E-state index is 0.0855. The first-order valence-corrected chi connectivity index (χ1v) is 7.47. The summed E-state index contributed by atoms with van der Waals surface area (Å²) in [5, 5.41) is 15.4. The molecule has 1 saturated heterocycles. The molecule has 0 spiro atoms. The molecule has 0 aliphatic carbocycles. The van der Waals surface area contributed by atoms with Crippen LogP contribution in [-0.2, 0) is 10.2 Å². The van der Waals surface area contributed by atoms with Gasteiger partial charge in [0, 0.05) is 12.2 Å². The molecule has 112 valence electrons. The second-order valence-corrected chi connectivity index (χ2v) is 6.33. The first kappa shape index (κ1) is 15.5. The van der Waals surface area contributed by atoms with Crippen molar-refractivity contribution in [2.75, 3.05) is 18.4 Å². The molecule has 1 amide bonds. The Balaban J connectivity index is 2.11. The van der Waals surface area contributed by atoms with Gasteiger partial charge in [-0.3, -0.25) is 4.79 Å². The quantitative estimate of drug-likeness (QED) is 0.894. The van der Waals surface area contributed by atoms with E-state index in [1.54, 1.807) is 0 Å². The molecule has 2 rings (SSSR count). The highest BCUT2D eigenvalue weighted by Crippen LogP contribution is 2.31. The Morgan fingerprint density at radius 2 is 2.10 bits per heavy atom. The van der Waals surface area contributed by atoms with Crippen LogP contribution in [0.15, 0.2) is 24.3 Å². The number of nitriles is 1. The SMILES string of the molecule is CCC1(C(=O)Nc2ccc(C(C)(C)C#N)cc2)CCNC1. The monoisotopic (exact) mass is 285 g/mol. The van der Waals surface area contributed by atoms with Gasteiger partial charge >= 0.3 is 0 Å². The van der Waals surface area contributed by atoms with Gasteiger partial charge in [0.2, 0.25) is 5.91 Å². The molecule has 4 heteroatoms. The van der Waals surface area contributed by atoms with Crippen LogP contribution in [0.3, 0.4) is 0 Å². The standard InChI is InChI=1S/C17H23N3O/c1-4-17(9-10-19-12-17)15(21)20-14-7-5-13(6-8-14)16(2,3)11-18/h5-8,19H,4,9-10,12H2,1-3H3,(H,20,21). The van der Waals surface area contributed by atoms with Crippen molar-refractivity contribution in [3.05, 3.63) is 29.8 Å². The van der Waals surface area contributed by atoms with Gasteiger partial charge in [-0.05, 0) is 50.9 Å². The van der Waals surface area contributed by atoms with Crippen molar-refractivity contribution >= 4 is 11.6 Å². The molecule has 0 saturated carbocycles. The Bertz CT molecular complexity index is 548. The van der Waals surface area contributed by atoms with E-state index in [-0.39, 0.29) is 11.3 Å². The van der Waals surface area contributed by atoms with Gasteiger partial charge in [-0.2, -0.15) is 5.26 Å². The molecule has 4 nitrogen and oxygen atoms in total. The Kier molecular flexibility index (Phi) is 4.34. The Hall–Kier alpha value is -1.86. The predicted octanol–water partition coefficient (Wildman–Crippen LogP) is 2.82. The van der Waals surface area contributed by atoms with Crippen LogP contribution in [-0.4, -0.2) is 19.0 Å². The number of carbonyl (C=O) groups excluding carboxylic acids is 1. The number of rotatable bonds is 4. The van der Waals surface area contributed by atoms with Crippen LogP contribution in [0.5, 0.6) is 0 Å². The van der Waals surface area contributed by atoms with Gasteiger partial charge in [0.15, 0.2) is 0 Å². The van der Waals surface area contributed by atoms with Crippen molar-refractivity contribution in [1.82, 2.24) is 5.32 Å². The van der Waals surface area contributed by atoms with Crippen LogP contribution < -0.4 is 10.6 Å². The minimum atomic E-state index is -0.511. The number of carbonyl (C=O) groups is 1. The summed E-state index contributed by atoms with van der Waals surface area (Å²) in [7, 11) is 0. The van der Waals surface area contributed by atoms with Gasteiger partial charge in [-0.15, -0.1) is 0 Å². The average molecular weight is 285 g/mol. The van der Waals surface area contributed by atoms with Gasteiger partial charge in [0.05, 0.1) is 16.9 Å². The van der Waals surface area contributed by atoms with Gasteiger partial charge in [-0.25, -0.2) is 0 Å². The van der Waals surface area contributed by atoms with E-state index < -0.39 is 5.41 Å². The number of amides is 1. The van der Waals surface area contributed by atoms with Crippen LogP contribution >= 0.6 is 0 Å². The molecular weight excluding hydrogens is 262 g/mol. The zero-order chi connectivity index (χ0) is 15.5. The fourth-order valence-corrected chi connectivity index (χ4v) is 2.70. The molecule has 21 heavy (non-hydrogen) atoms. The average Bonchev–Trinajstić information content (AvgIpc) is 2.98. The van der Waals surface area contributed by atoms with Crippen molar-refractivity contribution in [2.24, 2.45) is 5.41 Å². The predicted molar refractivity (Wildman–Crippen MR) is 83.9 cm³/mol. The third-order valence-electron chi connectivity index (χ3n) is 4.55. The number of benzene rings is 1. The largest absolute Gasteiger partial charge is 0.326 e. The highest BCUT2D eigenvalue weighted by atomic mass is 16.2. The lowest BCUT2D eigenvalue weighted by molar-refractivity contribution is -0.124. The van der Waals surface area contributed by atoms with Crippen LogP contribution in [0.4, 0.5) is 5.69 Å². The van der Waals surface area contributed by atoms with E-state index in [4.69, 9.17) is 5.26 Å². The lowest BCUT2D eigenvalue weighted by Gasteiger charge is -2.25. The number of hydrogen-bond acceptors (Lipinski definition) is 3. The number of anilines is 1. The summed E-state index contributed by atoms with van der Waals surface area (Å²) in [5.41, 5.74) is 0.945. The summed E-state index contributed by atoms with van der Waals surface area (Å²) in [4.78, 5) is 12.5. The van der Waals surface area contributed by atoms with E-state index >= 15 is 0 Å². The summed E-state index contributed by atoms with van der Waals surface area (Å²) >= 11 is 0. The third kappa shape index (κ3) is 3.08. The first-order chi connectivity index (χ1) is 9.93. The van der Waals surface area contributed by atoms with Crippen LogP contribution in [0, 0.1) is 16.7 Å². The molecule has 1 fully saturated rings. The fraction of sp³-hybridized carbons (Fsp3) is 0.529. The van der Waals surface area contributed by atoms with E-state index in [0.29, 0.717) is 0 Å². The highest BCUT2D eigenvalue weighted by molar-refractivity contribution is 5.95. The van der Waals surface area contributed by atoms with Crippen molar-refractivity contribution in [2.45, 2.75) is 39.0 Å². The molecule has 2 N–H and O–H groups in total. The van der Waals surface area contributed by atoms with Gasteiger partial charge in [0.25, 0.3) is 0 Å². The topological polar surface area (TPSA) is 64.9 Å². The Labute approximate surface area is 126 Å². The number of hydrogen-bond donors (Lipinski definition) is 2. The molecule has 1 aromatic rings. The molecule has 1 aromatic carbocycles. The van der Waals surface area contributed by atoms with E-state index in [2.05, 4.69) is 23.6 Å². The molecule has 1 aliphatic rings. The van der Waals surface area contributed by atoms with Gasteiger partial charge in [0.1, 0.15) is 0 Å². The molecule has 1 unspecified atom stereocenters. The zero-order valence-corrected chi connectivity index (χ0v) is 13.0. The summed E-state index contributed by atoms with van der Waals surface area (Å²) < 4.78 is 0. The Morgan fingerprint density at radius 1 is 1.43 bits per heavy atom. The molecule has 0 aromatic heterocycles. The van der Waals surface area contributed by atoms with Gasteiger partial charge < -0.3 is 10.6 Å². The molecule has 1 atom stereocenters. The van der Waals surface area contributed by atoms with Crippen LogP contribution in [0.2, 0.25) is 0 Å². The molecule has 1 heterocycles. The van der Waals surface area contributed by atoms with E-state index in [0.717, 1.165) is 37.2 Å². The fourth-order valence-electron chi connectivity index (χ4n) is 2.70. The summed E-state index contributed by atoms with van der Waals surface area (Å²) in [6.07, 6.45) is 1.72.